The molecule has 0 radical (unpaired) electrons. The summed E-state index contributed by atoms with van der Waals surface area (Å²) >= 11 is 0. The summed E-state index contributed by atoms with van der Waals surface area (Å²) in [6.07, 6.45) is 23.1. The van der Waals surface area contributed by atoms with E-state index < -0.39 is 11.6 Å². The number of aryl methyl sites for hydroxylation is 1. The van der Waals surface area contributed by atoms with E-state index in [0.29, 0.717) is 18.1 Å². The van der Waals surface area contributed by atoms with E-state index in [1.807, 2.05) is 0 Å². The van der Waals surface area contributed by atoms with Gasteiger partial charge in [0.1, 0.15) is 0 Å². The van der Waals surface area contributed by atoms with Crippen molar-refractivity contribution in [3.05, 3.63) is 76.9 Å². The van der Waals surface area contributed by atoms with Gasteiger partial charge in [0.25, 0.3) is 0 Å². The third-order valence-corrected chi connectivity index (χ3v) is 9.35. The summed E-state index contributed by atoms with van der Waals surface area (Å²) in [5.41, 5.74) is 3.57. The van der Waals surface area contributed by atoms with Crippen LogP contribution in [0.5, 0.6) is 5.75 Å². The Morgan fingerprint density at radius 1 is 0.769 bits per heavy atom. The average Bonchev–Trinajstić information content (AvgIpc) is 2.97. The van der Waals surface area contributed by atoms with Crippen molar-refractivity contribution in [2.24, 2.45) is 11.8 Å². The number of rotatable bonds is 13. The Labute approximate surface area is 236 Å². The summed E-state index contributed by atoms with van der Waals surface area (Å²) in [7, 11) is 0. The van der Waals surface area contributed by atoms with Crippen LogP contribution in [-0.2, 0) is 6.42 Å². The normalized spacial score (nSPS) is 23.8. The van der Waals surface area contributed by atoms with Gasteiger partial charge in [0, 0.05) is 0 Å². The fraction of sp³-hybridized carbons (Fsp3) is 0.611. The molecule has 0 aromatic heterocycles. The molecule has 1 nitrogen and oxygen atoms in total. The third-order valence-electron chi connectivity index (χ3n) is 9.35. The number of hydrogen-bond donors (Lipinski definition) is 0. The van der Waals surface area contributed by atoms with Crippen LogP contribution in [0, 0.1) is 23.5 Å². The summed E-state index contributed by atoms with van der Waals surface area (Å²) in [6.45, 7) is 4.39. The highest BCUT2D eigenvalue weighted by Crippen LogP contribution is 2.40. The van der Waals surface area contributed by atoms with Gasteiger partial charge < -0.3 is 4.74 Å². The molecule has 2 aliphatic carbocycles. The first-order valence-corrected chi connectivity index (χ1v) is 15.9. The van der Waals surface area contributed by atoms with Gasteiger partial charge >= 0.3 is 0 Å². The molecule has 0 heterocycles. The summed E-state index contributed by atoms with van der Waals surface area (Å²) in [5.74, 6) is 0.763. The van der Waals surface area contributed by atoms with Crippen LogP contribution in [0.1, 0.15) is 132 Å². The third kappa shape index (κ3) is 8.66. The summed E-state index contributed by atoms with van der Waals surface area (Å²) in [6, 6.07) is 12.8. The summed E-state index contributed by atoms with van der Waals surface area (Å²) < 4.78 is 34.1. The number of benzene rings is 2. The predicted molar refractivity (Wildman–Crippen MR) is 160 cm³/mol. The second-order valence-electron chi connectivity index (χ2n) is 12.1. The van der Waals surface area contributed by atoms with Crippen molar-refractivity contribution in [3.8, 4) is 5.75 Å². The van der Waals surface area contributed by atoms with Gasteiger partial charge in [0.05, 0.1) is 6.61 Å². The van der Waals surface area contributed by atoms with Crippen LogP contribution in [0.15, 0.2) is 48.6 Å². The van der Waals surface area contributed by atoms with Crippen LogP contribution in [-0.4, -0.2) is 6.61 Å². The molecule has 0 bridgehead atoms. The lowest BCUT2D eigenvalue weighted by atomic mass is 9.76. The zero-order chi connectivity index (χ0) is 27.5. The minimum Gasteiger partial charge on any atom is -0.491 e. The highest BCUT2D eigenvalue weighted by atomic mass is 19.2. The monoisotopic (exact) mass is 536 g/mol. The van der Waals surface area contributed by atoms with Crippen LogP contribution >= 0.6 is 0 Å². The molecule has 4 rings (SSSR count). The van der Waals surface area contributed by atoms with Crippen molar-refractivity contribution >= 4 is 0 Å². The topological polar surface area (TPSA) is 9.23 Å². The van der Waals surface area contributed by atoms with Gasteiger partial charge in [-0.1, -0.05) is 68.7 Å². The highest BCUT2D eigenvalue weighted by Gasteiger charge is 2.26. The van der Waals surface area contributed by atoms with Gasteiger partial charge in [0.15, 0.2) is 11.6 Å². The largest absolute Gasteiger partial charge is 0.491 e. The van der Waals surface area contributed by atoms with E-state index >= 15 is 0 Å². The molecule has 2 fully saturated rings. The quantitative estimate of drug-likeness (QED) is 0.183. The first-order chi connectivity index (χ1) is 19.1. The van der Waals surface area contributed by atoms with Crippen molar-refractivity contribution in [1.29, 1.82) is 0 Å². The number of ether oxygens (including phenoxy) is 1. The molecule has 214 valence electrons. The van der Waals surface area contributed by atoms with Gasteiger partial charge in [-0.05, 0) is 130 Å². The Hall–Kier alpha value is -2.16. The van der Waals surface area contributed by atoms with E-state index in [9.17, 15) is 8.78 Å². The Morgan fingerprint density at radius 3 is 2.18 bits per heavy atom. The van der Waals surface area contributed by atoms with Crippen LogP contribution in [0.2, 0.25) is 0 Å². The first-order valence-electron chi connectivity index (χ1n) is 15.9. The Bertz CT molecular complexity index is 1010. The molecule has 0 aliphatic heterocycles. The molecule has 2 aromatic rings. The number of hydrogen-bond acceptors (Lipinski definition) is 1. The second-order valence-corrected chi connectivity index (χ2v) is 12.1. The van der Waals surface area contributed by atoms with E-state index in [0.717, 1.165) is 43.9 Å². The number of unbranched alkanes of at least 4 members (excludes halogenated alkanes) is 3. The van der Waals surface area contributed by atoms with E-state index in [1.165, 1.54) is 75.3 Å². The molecule has 2 aliphatic rings. The van der Waals surface area contributed by atoms with E-state index in [-0.39, 0.29) is 11.7 Å². The highest BCUT2D eigenvalue weighted by molar-refractivity contribution is 5.33. The zero-order valence-corrected chi connectivity index (χ0v) is 24.4. The van der Waals surface area contributed by atoms with Crippen LogP contribution in [0.25, 0.3) is 0 Å². The minimum atomic E-state index is -0.832. The maximum Gasteiger partial charge on any atom is 0.200 e. The number of halogens is 2. The molecule has 0 N–H and O–H groups in total. The zero-order valence-electron chi connectivity index (χ0n) is 24.4. The van der Waals surface area contributed by atoms with E-state index in [4.69, 9.17) is 4.74 Å². The molecule has 0 spiro atoms. The second kappa shape index (κ2) is 15.6. The summed E-state index contributed by atoms with van der Waals surface area (Å²) in [5, 5.41) is 0. The van der Waals surface area contributed by atoms with Crippen LogP contribution < -0.4 is 4.74 Å². The lowest BCUT2D eigenvalue weighted by molar-refractivity contribution is 0.297. The summed E-state index contributed by atoms with van der Waals surface area (Å²) in [4.78, 5) is 0. The molecular weight excluding hydrogens is 486 g/mol. The SMILES string of the molecule is CCCCCCc1ccc(C2CCC(/C=C/CCC3CCC(c4ccc(OCC)c(F)c4F)CC3)CC2)cc1. The van der Waals surface area contributed by atoms with Crippen molar-refractivity contribution in [2.75, 3.05) is 6.61 Å². The van der Waals surface area contributed by atoms with E-state index in [1.54, 1.807) is 19.1 Å². The maximum atomic E-state index is 14.6. The molecule has 3 heteroatoms. The lowest BCUT2D eigenvalue weighted by Crippen LogP contribution is -2.15. The molecule has 0 atom stereocenters. The Kier molecular flexibility index (Phi) is 11.9. The van der Waals surface area contributed by atoms with Crippen molar-refractivity contribution in [1.82, 2.24) is 0 Å². The Morgan fingerprint density at radius 2 is 1.49 bits per heavy atom. The van der Waals surface area contributed by atoms with Gasteiger partial charge in [-0.2, -0.15) is 4.39 Å². The lowest BCUT2D eigenvalue weighted by Gasteiger charge is -2.29. The smallest absolute Gasteiger partial charge is 0.200 e. The fourth-order valence-corrected chi connectivity index (χ4v) is 6.87. The molecule has 2 saturated carbocycles. The minimum absolute atomic E-state index is 0.0230. The van der Waals surface area contributed by atoms with Crippen LogP contribution in [0.3, 0.4) is 0 Å². The average molecular weight is 537 g/mol. The van der Waals surface area contributed by atoms with Gasteiger partial charge in [0.2, 0.25) is 5.82 Å². The van der Waals surface area contributed by atoms with Crippen molar-refractivity contribution in [2.45, 2.75) is 122 Å². The Balaban J connectivity index is 1.13. The van der Waals surface area contributed by atoms with Gasteiger partial charge in [-0.25, -0.2) is 4.39 Å². The predicted octanol–water partition coefficient (Wildman–Crippen LogP) is 11.1. The van der Waals surface area contributed by atoms with Gasteiger partial charge in [-0.3, -0.25) is 0 Å². The van der Waals surface area contributed by atoms with Gasteiger partial charge in [-0.15, -0.1) is 0 Å². The van der Waals surface area contributed by atoms with E-state index in [2.05, 4.69) is 43.3 Å². The maximum absolute atomic E-state index is 14.6. The molecule has 0 unspecified atom stereocenters. The standard InChI is InChI=1S/C36H50F2O/c1-3-5-6-7-10-27-13-19-30(20-14-27)31-21-15-28(16-22-31)11-8-9-12-29-17-23-32(24-18-29)33-25-26-34(39-4-2)36(38)35(33)37/h8,11,13-14,19-20,25-26,28-29,31-32H,3-7,9-10,12,15-18,21-24H2,1-2H3/b11-8+. The fourth-order valence-electron chi connectivity index (χ4n) is 6.87. The van der Waals surface area contributed by atoms with Crippen LogP contribution in [0.4, 0.5) is 8.78 Å². The number of allylic oxidation sites excluding steroid dienone is 2. The molecular formula is C36H50F2O. The molecule has 39 heavy (non-hydrogen) atoms. The molecule has 2 aromatic carbocycles. The first kappa shape index (κ1) is 29.8. The van der Waals surface area contributed by atoms with Crippen molar-refractivity contribution < 1.29 is 13.5 Å². The molecule has 0 saturated heterocycles. The molecule has 0 amide bonds. The van der Waals surface area contributed by atoms with Crippen molar-refractivity contribution in [3.63, 3.8) is 0 Å².